The van der Waals surface area contributed by atoms with E-state index in [0.717, 1.165) is 17.1 Å². The summed E-state index contributed by atoms with van der Waals surface area (Å²) in [6.45, 7) is 8.55. The van der Waals surface area contributed by atoms with Crippen LogP contribution in [0.5, 0.6) is 11.5 Å². The fourth-order valence-electron chi connectivity index (χ4n) is 2.31. The van der Waals surface area contributed by atoms with Gasteiger partial charge in [-0.2, -0.15) is 0 Å². The van der Waals surface area contributed by atoms with E-state index in [4.69, 9.17) is 18.8 Å². The van der Waals surface area contributed by atoms with Gasteiger partial charge in [-0.15, -0.1) is 0 Å². The van der Waals surface area contributed by atoms with Gasteiger partial charge in [0.25, 0.3) is 0 Å². The van der Waals surface area contributed by atoms with Gasteiger partial charge < -0.3 is 18.8 Å². The van der Waals surface area contributed by atoms with Gasteiger partial charge in [0, 0.05) is 6.32 Å². The van der Waals surface area contributed by atoms with Gasteiger partial charge >= 0.3 is 7.12 Å². The molecule has 19 heavy (non-hydrogen) atoms. The number of benzene rings is 1. The van der Waals surface area contributed by atoms with Crippen LogP contribution in [-0.4, -0.2) is 25.1 Å². The Balaban J connectivity index is 1.73. The van der Waals surface area contributed by atoms with Gasteiger partial charge in [-0.1, -0.05) is 6.07 Å². The minimum Gasteiger partial charge on any atom is -0.454 e. The Morgan fingerprint density at radius 2 is 1.63 bits per heavy atom. The molecule has 0 aliphatic carbocycles. The van der Waals surface area contributed by atoms with Crippen molar-refractivity contribution in [3.8, 4) is 11.5 Å². The Kier molecular flexibility index (Phi) is 2.80. The molecule has 0 spiro atoms. The lowest BCUT2D eigenvalue weighted by molar-refractivity contribution is 0.00578. The zero-order valence-electron chi connectivity index (χ0n) is 11.9. The summed E-state index contributed by atoms with van der Waals surface area (Å²) in [5.41, 5.74) is 0.560. The molecule has 2 heterocycles. The van der Waals surface area contributed by atoms with Crippen molar-refractivity contribution < 1.29 is 18.8 Å². The number of fused-ring (bicyclic) bond motifs is 1. The van der Waals surface area contributed by atoms with Gasteiger partial charge in [0.2, 0.25) is 6.79 Å². The number of ether oxygens (including phenoxy) is 2. The predicted molar refractivity (Wildman–Crippen MR) is 72.4 cm³/mol. The number of rotatable bonds is 2. The van der Waals surface area contributed by atoms with Crippen LogP contribution in [-0.2, 0) is 15.6 Å². The zero-order chi connectivity index (χ0) is 13.7. The van der Waals surface area contributed by atoms with Crippen LogP contribution in [0.1, 0.15) is 33.3 Å². The first-order valence-corrected chi connectivity index (χ1v) is 6.62. The van der Waals surface area contributed by atoms with E-state index in [0.29, 0.717) is 13.1 Å². The first kappa shape index (κ1) is 12.8. The van der Waals surface area contributed by atoms with Crippen molar-refractivity contribution in [1.29, 1.82) is 0 Å². The van der Waals surface area contributed by atoms with Crippen molar-refractivity contribution in [2.75, 3.05) is 6.79 Å². The van der Waals surface area contributed by atoms with E-state index in [1.807, 2.05) is 18.2 Å². The van der Waals surface area contributed by atoms with E-state index < -0.39 is 0 Å². The van der Waals surface area contributed by atoms with Crippen molar-refractivity contribution >= 4 is 7.12 Å². The lowest BCUT2D eigenvalue weighted by Crippen LogP contribution is -2.41. The van der Waals surface area contributed by atoms with Crippen molar-refractivity contribution in [3.05, 3.63) is 23.8 Å². The molecule has 1 fully saturated rings. The van der Waals surface area contributed by atoms with E-state index in [9.17, 15) is 0 Å². The second-order valence-corrected chi connectivity index (χ2v) is 6.08. The van der Waals surface area contributed by atoms with E-state index in [2.05, 4.69) is 27.7 Å². The molecule has 0 radical (unpaired) electrons. The molecule has 2 aliphatic rings. The maximum atomic E-state index is 5.99. The highest BCUT2D eigenvalue weighted by molar-refractivity contribution is 6.45. The molecule has 4 nitrogen and oxygen atoms in total. The summed E-state index contributed by atoms with van der Waals surface area (Å²) >= 11 is 0. The third-order valence-corrected chi connectivity index (χ3v) is 4.14. The van der Waals surface area contributed by atoms with Crippen LogP contribution in [0.3, 0.4) is 0 Å². The molecular formula is C14H19BO4. The first-order valence-electron chi connectivity index (χ1n) is 6.62. The van der Waals surface area contributed by atoms with Gasteiger partial charge in [0.1, 0.15) is 0 Å². The summed E-state index contributed by atoms with van der Waals surface area (Å²) in [6.07, 6.45) is 0.712. The largest absolute Gasteiger partial charge is 0.462 e. The standard InChI is InChI=1S/C14H19BO4/c1-13(2)14(3,4)19-15(18-13)8-10-5-6-11-12(7-10)17-9-16-11/h5-7H,8-9H2,1-4H3. The van der Waals surface area contributed by atoms with Crippen LogP contribution < -0.4 is 9.47 Å². The van der Waals surface area contributed by atoms with Crippen LogP contribution in [0.2, 0.25) is 0 Å². The van der Waals surface area contributed by atoms with Gasteiger partial charge in [0.05, 0.1) is 11.2 Å². The lowest BCUT2D eigenvalue weighted by atomic mass is 9.81. The van der Waals surface area contributed by atoms with Crippen LogP contribution in [0.25, 0.3) is 0 Å². The SMILES string of the molecule is CC1(C)OB(Cc2ccc3c(c2)OCO3)OC1(C)C. The van der Waals surface area contributed by atoms with E-state index in [-0.39, 0.29) is 18.3 Å². The highest BCUT2D eigenvalue weighted by Gasteiger charge is 2.50. The van der Waals surface area contributed by atoms with Gasteiger partial charge in [-0.05, 0) is 45.4 Å². The molecule has 2 aliphatic heterocycles. The number of hydrogen-bond acceptors (Lipinski definition) is 4. The third-order valence-electron chi connectivity index (χ3n) is 4.14. The van der Waals surface area contributed by atoms with Gasteiger partial charge in [-0.3, -0.25) is 0 Å². The molecule has 0 amide bonds. The summed E-state index contributed by atoms with van der Waals surface area (Å²) in [7, 11) is -0.217. The van der Waals surface area contributed by atoms with Crippen molar-refractivity contribution in [2.24, 2.45) is 0 Å². The molecule has 102 valence electrons. The Hall–Kier alpha value is -1.20. The van der Waals surface area contributed by atoms with Crippen LogP contribution in [0.4, 0.5) is 0 Å². The molecule has 0 unspecified atom stereocenters. The zero-order valence-corrected chi connectivity index (χ0v) is 11.9. The maximum absolute atomic E-state index is 5.99. The summed E-state index contributed by atoms with van der Waals surface area (Å²) in [6, 6.07) is 5.95. The highest BCUT2D eigenvalue weighted by Crippen LogP contribution is 2.38. The summed E-state index contributed by atoms with van der Waals surface area (Å²) in [4.78, 5) is 0. The highest BCUT2D eigenvalue weighted by atomic mass is 16.7. The average molecular weight is 262 g/mol. The molecule has 3 rings (SSSR count). The molecule has 0 saturated carbocycles. The Bertz CT molecular complexity index is 482. The summed E-state index contributed by atoms with van der Waals surface area (Å²) < 4.78 is 22.7. The Morgan fingerprint density at radius 1 is 1.00 bits per heavy atom. The summed E-state index contributed by atoms with van der Waals surface area (Å²) in [5.74, 6) is 1.60. The van der Waals surface area contributed by atoms with Crippen LogP contribution in [0, 0.1) is 0 Å². The Morgan fingerprint density at radius 3 is 2.32 bits per heavy atom. The second kappa shape index (κ2) is 4.15. The number of hydrogen-bond donors (Lipinski definition) is 0. The third kappa shape index (κ3) is 2.21. The average Bonchev–Trinajstić information content (AvgIpc) is 2.81. The van der Waals surface area contributed by atoms with Crippen molar-refractivity contribution in [2.45, 2.75) is 45.2 Å². The topological polar surface area (TPSA) is 36.9 Å². The molecule has 1 aromatic carbocycles. The molecule has 0 aromatic heterocycles. The van der Waals surface area contributed by atoms with Gasteiger partial charge in [-0.25, -0.2) is 0 Å². The lowest BCUT2D eigenvalue weighted by Gasteiger charge is -2.32. The van der Waals surface area contributed by atoms with Crippen LogP contribution in [0.15, 0.2) is 18.2 Å². The maximum Gasteiger partial charge on any atom is 0.462 e. The fourth-order valence-corrected chi connectivity index (χ4v) is 2.31. The quantitative estimate of drug-likeness (QED) is 0.767. The minimum atomic E-state index is -0.284. The van der Waals surface area contributed by atoms with Gasteiger partial charge in [0.15, 0.2) is 11.5 Å². The molecule has 1 saturated heterocycles. The molecule has 5 heteroatoms. The monoisotopic (exact) mass is 262 g/mol. The van der Waals surface area contributed by atoms with E-state index in [1.165, 1.54) is 0 Å². The normalized spacial score (nSPS) is 22.8. The molecular weight excluding hydrogens is 243 g/mol. The van der Waals surface area contributed by atoms with Crippen molar-refractivity contribution in [3.63, 3.8) is 0 Å². The Labute approximate surface area is 114 Å². The fraction of sp³-hybridized carbons (Fsp3) is 0.571. The van der Waals surface area contributed by atoms with Crippen molar-refractivity contribution in [1.82, 2.24) is 0 Å². The molecule has 1 aromatic rings. The summed E-state index contributed by atoms with van der Waals surface area (Å²) in [5, 5.41) is 0. The smallest absolute Gasteiger partial charge is 0.454 e. The van der Waals surface area contributed by atoms with Crippen LogP contribution >= 0.6 is 0 Å². The first-order chi connectivity index (χ1) is 8.87. The molecule has 0 bridgehead atoms. The molecule has 0 N–H and O–H groups in total. The second-order valence-electron chi connectivity index (χ2n) is 6.08. The van der Waals surface area contributed by atoms with E-state index in [1.54, 1.807) is 0 Å². The predicted octanol–water partition coefficient (Wildman–Crippen LogP) is 2.59. The van der Waals surface area contributed by atoms with E-state index >= 15 is 0 Å². The minimum absolute atomic E-state index is 0.217. The molecule has 0 atom stereocenters.